The van der Waals surface area contributed by atoms with Crippen LogP contribution in [-0.4, -0.2) is 4.92 Å². The van der Waals surface area contributed by atoms with Gasteiger partial charge in [0, 0.05) is 12.1 Å². The van der Waals surface area contributed by atoms with Gasteiger partial charge in [0.25, 0.3) is 5.69 Å². The molecule has 0 aliphatic rings. The third-order valence-corrected chi connectivity index (χ3v) is 2.17. The Hall–Kier alpha value is -2.63. The molecule has 2 aromatic carbocycles. The van der Waals surface area contributed by atoms with Gasteiger partial charge in [0.2, 0.25) is 0 Å². The zero-order valence-electron chi connectivity index (χ0n) is 9.15. The number of nitrogens with zero attached hydrogens (tertiary/aromatic N) is 3. The van der Waals surface area contributed by atoms with Crippen molar-refractivity contribution in [3.63, 3.8) is 0 Å². The minimum absolute atomic E-state index is 0.00395. The van der Waals surface area contributed by atoms with Gasteiger partial charge in [-0.3, -0.25) is 10.1 Å². The number of benzene rings is 2. The molecule has 0 fully saturated rings. The topological polar surface area (TPSA) is 67.9 Å². The molecule has 0 bridgehead atoms. The van der Waals surface area contributed by atoms with E-state index < -0.39 is 4.92 Å². The van der Waals surface area contributed by atoms with E-state index in [1.54, 1.807) is 0 Å². The average Bonchev–Trinajstić information content (AvgIpc) is 2.38. The Kier molecular flexibility index (Phi) is 3.38. The first-order valence-electron chi connectivity index (χ1n) is 5.07. The van der Waals surface area contributed by atoms with Crippen LogP contribution in [-0.2, 0) is 0 Å². The molecule has 0 saturated carbocycles. The molecule has 90 valence electrons. The van der Waals surface area contributed by atoms with Crippen molar-refractivity contribution in [2.24, 2.45) is 10.2 Å². The monoisotopic (exact) mass is 245 g/mol. The van der Waals surface area contributed by atoms with Crippen molar-refractivity contribution in [3.8, 4) is 0 Å². The van der Waals surface area contributed by atoms with Crippen molar-refractivity contribution in [1.82, 2.24) is 0 Å². The molecule has 0 N–H and O–H groups in total. The standard InChI is InChI=1S/C12H8FN3O2/c13-9-1-3-10(4-2-9)14-15-11-5-7-12(8-6-11)16(17)18/h1-8H. The van der Waals surface area contributed by atoms with E-state index in [-0.39, 0.29) is 11.5 Å². The number of hydrogen-bond donors (Lipinski definition) is 0. The molecule has 0 aliphatic carbocycles. The summed E-state index contributed by atoms with van der Waals surface area (Å²) in [5.41, 5.74) is 0.996. The first-order chi connectivity index (χ1) is 8.65. The largest absolute Gasteiger partial charge is 0.269 e. The van der Waals surface area contributed by atoms with Gasteiger partial charge in [0.1, 0.15) is 5.82 Å². The number of non-ortho nitro benzene ring substituents is 1. The lowest BCUT2D eigenvalue weighted by molar-refractivity contribution is -0.384. The molecule has 6 heteroatoms. The molecule has 0 amide bonds. The van der Waals surface area contributed by atoms with Crippen LogP contribution < -0.4 is 0 Å². The Bertz CT molecular complexity index is 579. The van der Waals surface area contributed by atoms with Crippen molar-refractivity contribution in [3.05, 3.63) is 64.5 Å². The molecule has 5 nitrogen and oxygen atoms in total. The highest BCUT2D eigenvalue weighted by Crippen LogP contribution is 2.21. The van der Waals surface area contributed by atoms with Crippen LogP contribution in [0.4, 0.5) is 21.5 Å². The summed E-state index contributed by atoms with van der Waals surface area (Å²) in [7, 11) is 0. The highest BCUT2D eigenvalue weighted by molar-refractivity contribution is 5.44. The summed E-state index contributed by atoms with van der Waals surface area (Å²) in [4.78, 5) is 9.95. The van der Waals surface area contributed by atoms with Gasteiger partial charge in [-0.2, -0.15) is 10.2 Å². The second-order valence-electron chi connectivity index (χ2n) is 3.45. The van der Waals surface area contributed by atoms with Crippen LogP contribution in [0.3, 0.4) is 0 Å². The minimum atomic E-state index is -0.485. The second-order valence-corrected chi connectivity index (χ2v) is 3.45. The fourth-order valence-corrected chi connectivity index (χ4v) is 1.26. The number of nitro groups is 1. The zero-order chi connectivity index (χ0) is 13.0. The first-order valence-corrected chi connectivity index (χ1v) is 5.07. The van der Waals surface area contributed by atoms with Crippen LogP contribution >= 0.6 is 0 Å². The van der Waals surface area contributed by atoms with Gasteiger partial charge in [-0.25, -0.2) is 4.39 Å². The highest BCUT2D eigenvalue weighted by atomic mass is 19.1. The van der Waals surface area contributed by atoms with E-state index in [4.69, 9.17) is 0 Å². The van der Waals surface area contributed by atoms with Gasteiger partial charge < -0.3 is 0 Å². The van der Waals surface area contributed by atoms with Gasteiger partial charge in [-0.05, 0) is 36.4 Å². The van der Waals surface area contributed by atoms with Gasteiger partial charge in [-0.1, -0.05) is 0 Å². The number of nitro benzene ring substituents is 1. The Morgan fingerprint density at radius 3 is 1.78 bits per heavy atom. The molecule has 0 radical (unpaired) electrons. The van der Waals surface area contributed by atoms with Crippen LogP contribution in [0.5, 0.6) is 0 Å². The summed E-state index contributed by atoms with van der Waals surface area (Å²) >= 11 is 0. The quantitative estimate of drug-likeness (QED) is 0.463. The lowest BCUT2D eigenvalue weighted by Gasteiger charge is -1.94. The van der Waals surface area contributed by atoms with E-state index >= 15 is 0 Å². The molecule has 0 atom stereocenters. The van der Waals surface area contributed by atoms with Crippen LogP contribution in [0.15, 0.2) is 58.8 Å². The van der Waals surface area contributed by atoms with Crippen molar-refractivity contribution < 1.29 is 9.31 Å². The third-order valence-electron chi connectivity index (χ3n) is 2.17. The Balaban J connectivity index is 2.13. The van der Waals surface area contributed by atoms with Gasteiger partial charge >= 0.3 is 0 Å². The second kappa shape index (κ2) is 5.13. The lowest BCUT2D eigenvalue weighted by atomic mass is 10.3. The smallest absolute Gasteiger partial charge is 0.258 e. The molecule has 18 heavy (non-hydrogen) atoms. The normalized spacial score (nSPS) is 10.7. The predicted molar refractivity (Wildman–Crippen MR) is 63.7 cm³/mol. The summed E-state index contributed by atoms with van der Waals surface area (Å²) in [6.45, 7) is 0. The summed E-state index contributed by atoms with van der Waals surface area (Å²) in [6, 6.07) is 11.2. The number of hydrogen-bond acceptors (Lipinski definition) is 4. The average molecular weight is 245 g/mol. The van der Waals surface area contributed by atoms with Crippen LogP contribution in [0, 0.1) is 15.9 Å². The first kappa shape index (κ1) is 11.8. The predicted octanol–water partition coefficient (Wildman–Crippen LogP) is 4.15. The summed E-state index contributed by atoms with van der Waals surface area (Å²) in [5, 5.41) is 18.2. The fourth-order valence-electron chi connectivity index (χ4n) is 1.26. The molecule has 0 heterocycles. The highest BCUT2D eigenvalue weighted by Gasteiger charge is 2.02. The number of halogens is 1. The van der Waals surface area contributed by atoms with E-state index in [2.05, 4.69) is 10.2 Å². The van der Waals surface area contributed by atoms with Crippen molar-refractivity contribution in [1.29, 1.82) is 0 Å². The molecule has 2 aromatic rings. The van der Waals surface area contributed by atoms with E-state index in [0.29, 0.717) is 11.4 Å². The van der Waals surface area contributed by atoms with Gasteiger partial charge in [0.15, 0.2) is 0 Å². The minimum Gasteiger partial charge on any atom is -0.258 e. The molecule has 0 aliphatic heterocycles. The van der Waals surface area contributed by atoms with E-state index in [9.17, 15) is 14.5 Å². The molecule has 0 unspecified atom stereocenters. The maximum atomic E-state index is 12.6. The Morgan fingerprint density at radius 1 is 0.889 bits per heavy atom. The number of rotatable bonds is 3. The Labute approximate surface area is 102 Å². The maximum Gasteiger partial charge on any atom is 0.269 e. The van der Waals surface area contributed by atoms with Crippen LogP contribution in [0.1, 0.15) is 0 Å². The molecule has 0 saturated heterocycles. The molecular formula is C12H8FN3O2. The van der Waals surface area contributed by atoms with Crippen LogP contribution in [0.25, 0.3) is 0 Å². The Morgan fingerprint density at radius 2 is 1.33 bits per heavy atom. The maximum absolute atomic E-state index is 12.6. The number of azo groups is 1. The summed E-state index contributed by atoms with van der Waals surface area (Å²) < 4.78 is 12.6. The van der Waals surface area contributed by atoms with Crippen molar-refractivity contribution in [2.45, 2.75) is 0 Å². The van der Waals surface area contributed by atoms with Gasteiger partial charge in [-0.15, -0.1) is 0 Å². The fraction of sp³-hybridized carbons (Fsp3) is 0. The van der Waals surface area contributed by atoms with Crippen LogP contribution in [0.2, 0.25) is 0 Å². The van der Waals surface area contributed by atoms with Crippen molar-refractivity contribution in [2.75, 3.05) is 0 Å². The molecular weight excluding hydrogens is 237 g/mol. The van der Waals surface area contributed by atoms with E-state index in [0.717, 1.165) is 0 Å². The SMILES string of the molecule is O=[N+]([O-])c1ccc(N=Nc2ccc(F)cc2)cc1. The molecule has 0 spiro atoms. The third kappa shape index (κ3) is 2.94. The molecule has 2 rings (SSSR count). The lowest BCUT2D eigenvalue weighted by Crippen LogP contribution is -1.85. The summed E-state index contributed by atoms with van der Waals surface area (Å²) in [6.07, 6.45) is 0. The van der Waals surface area contributed by atoms with Gasteiger partial charge in [0.05, 0.1) is 16.3 Å². The van der Waals surface area contributed by atoms with E-state index in [1.165, 1.54) is 48.5 Å². The van der Waals surface area contributed by atoms with Crippen molar-refractivity contribution >= 4 is 17.1 Å². The summed E-state index contributed by atoms with van der Waals surface area (Å²) in [5.74, 6) is -0.343. The zero-order valence-corrected chi connectivity index (χ0v) is 9.15. The molecule has 0 aromatic heterocycles. The van der Waals surface area contributed by atoms with E-state index in [1.807, 2.05) is 0 Å².